The first-order chi connectivity index (χ1) is 10.9. The minimum atomic E-state index is -0.404. The first kappa shape index (κ1) is 17.1. The van der Waals surface area contributed by atoms with Crippen molar-refractivity contribution >= 4 is 6.09 Å². The van der Waals surface area contributed by atoms with Crippen LogP contribution in [0.4, 0.5) is 4.79 Å². The lowest BCUT2D eigenvalue weighted by Crippen LogP contribution is -2.44. The first-order valence-electron chi connectivity index (χ1n) is 9.65. The van der Waals surface area contributed by atoms with Crippen LogP contribution in [0.1, 0.15) is 72.1 Å². The minimum absolute atomic E-state index is 0.138. The second kappa shape index (κ2) is 7.00. The van der Waals surface area contributed by atoms with Gasteiger partial charge in [-0.05, 0) is 71.1 Å². The molecule has 2 atom stereocenters. The summed E-state index contributed by atoms with van der Waals surface area (Å²) in [6.07, 6.45) is 10.5. The lowest BCUT2D eigenvalue weighted by molar-refractivity contribution is 0.0233. The summed E-state index contributed by atoms with van der Waals surface area (Å²) in [6.45, 7) is 7.50. The molecule has 1 N–H and O–H groups in total. The van der Waals surface area contributed by atoms with E-state index < -0.39 is 5.60 Å². The van der Waals surface area contributed by atoms with Crippen molar-refractivity contribution in [2.45, 2.75) is 89.8 Å². The molecule has 0 saturated heterocycles. The SMILES string of the molecule is CC(C)(C)OC(=O)N(CCNC1CCCC(C2CC2)C1)C1CC1. The molecule has 0 spiro atoms. The molecule has 3 aliphatic rings. The van der Waals surface area contributed by atoms with E-state index in [1.165, 1.54) is 38.5 Å². The molecule has 0 aliphatic heterocycles. The number of nitrogens with zero attached hydrogens (tertiary/aromatic N) is 1. The van der Waals surface area contributed by atoms with Crippen LogP contribution in [-0.2, 0) is 4.74 Å². The van der Waals surface area contributed by atoms with E-state index in [9.17, 15) is 4.79 Å². The van der Waals surface area contributed by atoms with Gasteiger partial charge in [0.15, 0.2) is 0 Å². The highest BCUT2D eigenvalue weighted by atomic mass is 16.6. The molecule has 23 heavy (non-hydrogen) atoms. The smallest absolute Gasteiger partial charge is 0.410 e. The van der Waals surface area contributed by atoms with E-state index in [0.717, 1.165) is 37.8 Å². The number of hydrogen-bond acceptors (Lipinski definition) is 3. The molecule has 4 heteroatoms. The van der Waals surface area contributed by atoms with Gasteiger partial charge < -0.3 is 15.0 Å². The summed E-state index contributed by atoms with van der Waals surface area (Å²) in [7, 11) is 0. The summed E-state index contributed by atoms with van der Waals surface area (Å²) < 4.78 is 5.56. The normalized spacial score (nSPS) is 28.5. The van der Waals surface area contributed by atoms with Crippen molar-refractivity contribution in [1.29, 1.82) is 0 Å². The van der Waals surface area contributed by atoms with Gasteiger partial charge >= 0.3 is 6.09 Å². The largest absolute Gasteiger partial charge is 0.444 e. The van der Waals surface area contributed by atoms with E-state index >= 15 is 0 Å². The quantitative estimate of drug-likeness (QED) is 0.805. The van der Waals surface area contributed by atoms with Gasteiger partial charge in [0, 0.05) is 25.2 Å². The molecular formula is C19H34N2O2. The molecule has 0 heterocycles. The fourth-order valence-corrected chi connectivity index (χ4v) is 3.93. The van der Waals surface area contributed by atoms with Crippen molar-refractivity contribution in [3.05, 3.63) is 0 Å². The number of hydrogen-bond donors (Lipinski definition) is 1. The Balaban J connectivity index is 1.41. The molecule has 3 rings (SSSR count). The second-order valence-corrected chi connectivity index (χ2v) is 8.82. The zero-order chi connectivity index (χ0) is 16.4. The van der Waals surface area contributed by atoms with Crippen LogP contribution in [0.3, 0.4) is 0 Å². The van der Waals surface area contributed by atoms with Crippen LogP contribution in [0.25, 0.3) is 0 Å². The van der Waals surface area contributed by atoms with Crippen molar-refractivity contribution in [2.75, 3.05) is 13.1 Å². The highest BCUT2D eigenvalue weighted by Gasteiger charge is 2.36. The third kappa shape index (κ3) is 5.37. The maximum absolute atomic E-state index is 12.3. The van der Waals surface area contributed by atoms with Crippen molar-refractivity contribution in [3.8, 4) is 0 Å². The van der Waals surface area contributed by atoms with E-state index in [1.54, 1.807) is 0 Å². The summed E-state index contributed by atoms with van der Waals surface area (Å²) in [5.41, 5.74) is -0.404. The highest BCUT2D eigenvalue weighted by molar-refractivity contribution is 5.69. The minimum Gasteiger partial charge on any atom is -0.444 e. The van der Waals surface area contributed by atoms with Gasteiger partial charge in [0.25, 0.3) is 0 Å². The van der Waals surface area contributed by atoms with Crippen LogP contribution in [0.15, 0.2) is 0 Å². The van der Waals surface area contributed by atoms with E-state index in [4.69, 9.17) is 4.74 Å². The molecule has 0 aromatic heterocycles. The van der Waals surface area contributed by atoms with Crippen LogP contribution in [0.5, 0.6) is 0 Å². The van der Waals surface area contributed by atoms with Gasteiger partial charge in [-0.1, -0.05) is 12.8 Å². The Hall–Kier alpha value is -0.770. The van der Waals surface area contributed by atoms with E-state index in [-0.39, 0.29) is 6.09 Å². The monoisotopic (exact) mass is 322 g/mol. The average molecular weight is 322 g/mol. The van der Waals surface area contributed by atoms with E-state index in [1.807, 2.05) is 25.7 Å². The van der Waals surface area contributed by atoms with Gasteiger partial charge in [-0.15, -0.1) is 0 Å². The predicted octanol–water partition coefficient (Wildman–Crippen LogP) is 3.94. The lowest BCUT2D eigenvalue weighted by atomic mass is 9.83. The Morgan fingerprint density at radius 2 is 1.83 bits per heavy atom. The number of nitrogens with one attached hydrogen (secondary N) is 1. The van der Waals surface area contributed by atoms with Gasteiger partial charge in [-0.2, -0.15) is 0 Å². The van der Waals surface area contributed by atoms with Crippen molar-refractivity contribution in [1.82, 2.24) is 10.2 Å². The topological polar surface area (TPSA) is 41.6 Å². The molecule has 0 radical (unpaired) electrons. The maximum Gasteiger partial charge on any atom is 0.410 e. The summed E-state index contributed by atoms with van der Waals surface area (Å²) >= 11 is 0. The molecule has 1 amide bonds. The van der Waals surface area contributed by atoms with E-state index in [0.29, 0.717) is 12.1 Å². The number of carbonyl (C=O) groups excluding carboxylic acids is 1. The van der Waals surface area contributed by atoms with Gasteiger partial charge in [-0.25, -0.2) is 4.79 Å². The van der Waals surface area contributed by atoms with Crippen molar-refractivity contribution < 1.29 is 9.53 Å². The molecule has 3 saturated carbocycles. The van der Waals surface area contributed by atoms with Crippen molar-refractivity contribution in [3.63, 3.8) is 0 Å². The van der Waals surface area contributed by atoms with Gasteiger partial charge in [-0.3, -0.25) is 0 Å². The number of ether oxygens (including phenoxy) is 1. The Kier molecular flexibility index (Phi) is 5.19. The zero-order valence-electron chi connectivity index (χ0n) is 15.1. The van der Waals surface area contributed by atoms with Crippen LogP contribution in [0.2, 0.25) is 0 Å². The van der Waals surface area contributed by atoms with Crippen molar-refractivity contribution in [2.24, 2.45) is 11.8 Å². The molecule has 3 fully saturated rings. The van der Waals surface area contributed by atoms with Gasteiger partial charge in [0.1, 0.15) is 5.60 Å². The standard InChI is InChI=1S/C19H34N2O2/c1-19(2,3)23-18(22)21(17-9-10-17)12-11-20-16-6-4-5-15(13-16)14-7-8-14/h14-17,20H,4-13H2,1-3H3. The fraction of sp³-hybridized carbons (Fsp3) is 0.947. The lowest BCUT2D eigenvalue weighted by Gasteiger charge is -2.31. The Labute approximate surface area is 141 Å². The van der Waals surface area contributed by atoms with E-state index in [2.05, 4.69) is 5.32 Å². The fourth-order valence-electron chi connectivity index (χ4n) is 3.93. The molecule has 3 aliphatic carbocycles. The van der Waals surface area contributed by atoms with Gasteiger partial charge in [0.2, 0.25) is 0 Å². The zero-order valence-corrected chi connectivity index (χ0v) is 15.1. The van der Waals surface area contributed by atoms with Crippen LogP contribution in [0, 0.1) is 11.8 Å². The predicted molar refractivity (Wildman–Crippen MR) is 92.4 cm³/mol. The Morgan fingerprint density at radius 3 is 2.43 bits per heavy atom. The Morgan fingerprint density at radius 1 is 1.09 bits per heavy atom. The molecule has 0 bridgehead atoms. The number of amides is 1. The molecular weight excluding hydrogens is 288 g/mol. The van der Waals surface area contributed by atoms with Crippen LogP contribution >= 0.6 is 0 Å². The van der Waals surface area contributed by atoms with Crippen LogP contribution in [-0.4, -0.2) is 41.8 Å². The summed E-state index contributed by atoms with van der Waals surface area (Å²) in [5.74, 6) is 2.00. The molecule has 2 unspecified atom stereocenters. The number of rotatable bonds is 6. The summed E-state index contributed by atoms with van der Waals surface area (Å²) in [4.78, 5) is 14.3. The second-order valence-electron chi connectivity index (χ2n) is 8.82. The third-order valence-electron chi connectivity index (χ3n) is 5.40. The van der Waals surface area contributed by atoms with Crippen LogP contribution < -0.4 is 5.32 Å². The Bertz CT molecular complexity index is 410. The summed E-state index contributed by atoms with van der Waals surface area (Å²) in [5, 5.41) is 3.72. The average Bonchev–Trinajstić information content (AvgIpc) is 3.36. The van der Waals surface area contributed by atoms with Gasteiger partial charge in [0.05, 0.1) is 0 Å². The molecule has 0 aromatic carbocycles. The first-order valence-corrected chi connectivity index (χ1v) is 9.65. The molecule has 4 nitrogen and oxygen atoms in total. The molecule has 0 aromatic rings. The third-order valence-corrected chi connectivity index (χ3v) is 5.40. The summed E-state index contributed by atoms with van der Waals surface area (Å²) in [6, 6.07) is 1.08. The highest BCUT2D eigenvalue weighted by Crippen LogP contribution is 2.43. The molecule has 132 valence electrons. The maximum atomic E-state index is 12.3. The number of carbonyl (C=O) groups is 1.